The molecule has 0 bridgehead atoms. The first-order valence-corrected chi connectivity index (χ1v) is 5.42. The van der Waals surface area contributed by atoms with Crippen molar-refractivity contribution in [2.45, 2.75) is 13.0 Å². The first-order valence-electron chi connectivity index (χ1n) is 4.48. The highest BCUT2D eigenvalue weighted by Gasteiger charge is 2.12. The van der Waals surface area contributed by atoms with Gasteiger partial charge in [-0.1, -0.05) is 6.07 Å². The lowest BCUT2D eigenvalue weighted by molar-refractivity contribution is 0.822. The number of nitrogens with two attached hydrogens (primary N) is 1. The van der Waals surface area contributed by atoms with Gasteiger partial charge in [0.1, 0.15) is 0 Å². The third-order valence-corrected chi connectivity index (χ3v) is 2.95. The highest BCUT2D eigenvalue weighted by Crippen LogP contribution is 2.21. The van der Waals surface area contributed by atoms with Crippen LogP contribution in [0.1, 0.15) is 22.9 Å². The SMILES string of the molecule is Cc1cccnc1C(N)c1ccsc1. The maximum absolute atomic E-state index is 6.11. The van der Waals surface area contributed by atoms with E-state index in [4.69, 9.17) is 5.73 Å². The van der Waals surface area contributed by atoms with E-state index in [1.807, 2.05) is 30.5 Å². The Morgan fingerprint density at radius 2 is 2.29 bits per heavy atom. The molecule has 2 rings (SSSR count). The molecule has 72 valence electrons. The lowest BCUT2D eigenvalue weighted by atomic mass is 10.0. The molecule has 0 saturated carbocycles. The van der Waals surface area contributed by atoms with Crippen LogP contribution in [0.25, 0.3) is 0 Å². The van der Waals surface area contributed by atoms with Crippen molar-refractivity contribution in [3.8, 4) is 0 Å². The van der Waals surface area contributed by atoms with Gasteiger partial charge in [-0.05, 0) is 40.9 Å². The molecule has 0 aliphatic rings. The summed E-state index contributed by atoms with van der Waals surface area (Å²) in [6.45, 7) is 2.04. The number of hydrogen-bond acceptors (Lipinski definition) is 3. The van der Waals surface area contributed by atoms with E-state index in [1.165, 1.54) is 0 Å². The second kappa shape index (κ2) is 3.90. The first-order chi connectivity index (χ1) is 6.79. The van der Waals surface area contributed by atoms with Crippen LogP contribution in [0.4, 0.5) is 0 Å². The minimum Gasteiger partial charge on any atom is -0.319 e. The van der Waals surface area contributed by atoms with Crippen LogP contribution >= 0.6 is 11.3 Å². The Hall–Kier alpha value is -1.19. The molecular weight excluding hydrogens is 192 g/mol. The van der Waals surface area contributed by atoms with Gasteiger partial charge in [-0.15, -0.1) is 0 Å². The quantitative estimate of drug-likeness (QED) is 0.816. The Balaban J connectivity index is 2.37. The summed E-state index contributed by atoms with van der Waals surface area (Å²) in [7, 11) is 0. The van der Waals surface area contributed by atoms with E-state index < -0.39 is 0 Å². The van der Waals surface area contributed by atoms with Gasteiger partial charge < -0.3 is 5.73 Å². The van der Waals surface area contributed by atoms with E-state index in [0.29, 0.717) is 0 Å². The highest BCUT2D eigenvalue weighted by atomic mass is 32.1. The van der Waals surface area contributed by atoms with Crippen LogP contribution in [0.2, 0.25) is 0 Å². The molecular formula is C11H12N2S. The summed E-state index contributed by atoms with van der Waals surface area (Å²) in [5.41, 5.74) is 9.35. The van der Waals surface area contributed by atoms with E-state index in [2.05, 4.69) is 10.4 Å². The fourth-order valence-electron chi connectivity index (χ4n) is 1.43. The van der Waals surface area contributed by atoms with Crippen LogP contribution in [-0.2, 0) is 0 Å². The lowest BCUT2D eigenvalue weighted by Gasteiger charge is -2.11. The zero-order valence-electron chi connectivity index (χ0n) is 7.97. The lowest BCUT2D eigenvalue weighted by Crippen LogP contribution is -2.13. The number of aryl methyl sites for hydroxylation is 1. The molecule has 3 heteroatoms. The third-order valence-electron chi connectivity index (χ3n) is 2.25. The number of hydrogen-bond donors (Lipinski definition) is 1. The number of thiophene rings is 1. The molecule has 2 heterocycles. The minimum absolute atomic E-state index is 0.0950. The molecule has 14 heavy (non-hydrogen) atoms. The second-order valence-electron chi connectivity index (χ2n) is 3.24. The van der Waals surface area contributed by atoms with Gasteiger partial charge in [0.15, 0.2) is 0 Å². The largest absolute Gasteiger partial charge is 0.319 e. The summed E-state index contributed by atoms with van der Waals surface area (Å²) < 4.78 is 0. The zero-order valence-corrected chi connectivity index (χ0v) is 8.79. The van der Waals surface area contributed by atoms with Crippen LogP contribution < -0.4 is 5.73 Å². The summed E-state index contributed by atoms with van der Waals surface area (Å²) in [6.07, 6.45) is 1.79. The summed E-state index contributed by atoms with van der Waals surface area (Å²) in [6, 6.07) is 5.92. The first kappa shape index (κ1) is 9.37. The smallest absolute Gasteiger partial charge is 0.0737 e. The van der Waals surface area contributed by atoms with Gasteiger partial charge in [-0.3, -0.25) is 4.98 Å². The second-order valence-corrected chi connectivity index (χ2v) is 4.02. The fourth-order valence-corrected chi connectivity index (χ4v) is 2.13. The molecule has 0 radical (unpaired) electrons. The van der Waals surface area contributed by atoms with Crippen LogP contribution in [0.15, 0.2) is 35.2 Å². The van der Waals surface area contributed by atoms with E-state index in [-0.39, 0.29) is 6.04 Å². The van der Waals surface area contributed by atoms with Gasteiger partial charge in [0.05, 0.1) is 11.7 Å². The Morgan fingerprint density at radius 3 is 2.93 bits per heavy atom. The summed E-state index contributed by atoms with van der Waals surface area (Å²) in [5, 5.41) is 4.10. The molecule has 0 aromatic carbocycles. The highest BCUT2D eigenvalue weighted by molar-refractivity contribution is 7.07. The molecule has 0 aliphatic heterocycles. The van der Waals surface area contributed by atoms with Crippen molar-refractivity contribution >= 4 is 11.3 Å². The van der Waals surface area contributed by atoms with Crippen LogP contribution in [0, 0.1) is 6.92 Å². The Labute approximate surface area is 87.4 Å². The number of nitrogens with zero attached hydrogens (tertiary/aromatic N) is 1. The Kier molecular flexibility index (Phi) is 2.61. The molecule has 2 N–H and O–H groups in total. The normalized spacial score (nSPS) is 12.7. The van der Waals surface area contributed by atoms with Crippen LogP contribution in [-0.4, -0.2) is 4.98 Å². The van der Waals surface area contributed by atoms with E-state index in [9.17, 15) is 0 Å². The van der Waals surface area contributed by atoms with Crippen molar-refractivity contribution in [2.24, 2.45) is 5.73 Å². The fraction of sp³-hybridized carbons (Fsp3) is 0.182. The molecule has 0 amide bonds. The standard InChI is InChI=1S/C11H12N2S/c1-8-3-2-5-13-11(8)10(12)9-4-6-14-7-9/h2-7,10H,12H2,1H3. The van der Waals surface area contributed by atoms with Crippen molar-refractivity contribution < 1.29 is 0 Å². The van der Waals surface area contributed by atoms with E-state index >= 15 is 0 Å². The molecule has 2 nitrogen and oxygen atoms in total. The zero-order chi connectivity index (χ0) is 9.97. The van der Waals surface area contributed by atoms with E-state index in [1.54, 1.807) is 17.5 Å². The molecule has 0 spiro atoms. The van der Waals surface area contributed by atoms with Gasteiger partial charge in [0, 0.05) is 6.20 Å². The van der Waals surface area contributed by atoms with Crippen molar-refractivity contribution in [3.63, 3.8) is 0 Å². The summed E-state index contributed by atoms with van der Waals surface area (Å²) >= 11 is 1.66. The summed E-state index contributed by atoms with van der Waals surface area (Å²) in [4.78, 5) is 4.31. The third kappa shape index (κ3) is 1.69. The predicted octanol–water partition coefficient (Wildman–Crippen LogP) is 2.50. The number of pyridine rings is 1. The van der Waals surface area contributed by atoms with Crippen molar-refractivity contribution in [1.29, 1.82) is 0 Å². The molecule has 1 unspecified atom stereocenters. The molecule has 0 fully saturated rings. The predicted molar refractivity (Wildman–Crippen MR) is 59.3 cm³/mol. The maximum Gasteiger partial charge on any atom is 0.0737 e. The van der Waals surface area contributed by atoms with Gasteiger partial charge in [-0.2, -0.15) is 11.3 Å². The molecule has 0 saturated heterocycles. The van der Waals surface area contributed by atoms with Crippen molar-refractivity contribution in [2.75, 3.05) is 0 Å². The average molecular weight is 204 g/mol. The maximum atomic E-state index is 6.11. The number of aromatic nitrogens is 1. The van der Waals surface area contributed by atoms with Gasteiger partial charge in [-0.25, -0.2) is 0 Å². The van der Waals surface area contributed by atoms with Gasteiger partial charge >= 0.3 is 0 Å². The molecule has 0 aliphatic carbocycles. The molecule has 2 aromatic rings. The van der Waals surface area contributed by atoms with Gasteiger partial charge in [0.2, 0.25) is 0 Å². The van der Waals surface area contributed by atoms with Crippen LogP contribution in [0.3, 0.4) is 0 Å². The monoisotopic (exact) mass is 204 g/mol. The Morgan fingerprint density at radius 1 is 1.43 bits per heavy atom. The summed E-state index contributed by atoms with van der Waals surface area (Å²) in [5.74, 6) is 0. The van der Waals surface area contributed by atoms with Gasteiger partial charge in [0.25, 0.3) is 0 Å². The van der Waals surface area contributed by atoms with Crippen molar-refractivity contribution in [1.82, 2.24) is 4.98 Å². The molecule has 1 atom stereocenters. The average Bonchev–Trinajstić information content (AvgIpc) is 2.70. The minimum atomic E-state index is -0.0950. The topological polar surface area (TPSA) is 38.9 Å². The van der Waals surface area contributed by atoms with E-state index in [0.717, 1.165) is 16.8 Å². The molecule has 2 aromatic heterocycles. The van der Waals surface area contributed by atoms with Crippen LogP contribution in [0.5, 0.6) is 0 Å². The Bertz CT molecular complexity index is 409. The number of rotatable bonds is 2. The van der Waals surface area contributed by atoms with Crippen molar-refractivity contribution in [3.05, 3.63) is 52.0 Å².